The fourth-order valence-electron chi connectivity index (χ4n) is 5.06. The molecule has 1 N–H and O–H groups in total. The Balaban J connectivity index is 1.55. The molecule has 1 nitrogen and oxygen atoms in total. The lowest BCUT2D eigenvalue weighted by molar-refractivity contribution is -0.0660. The van der Waals surface area contributed by atoms with Crippen LogP contribution in [0.4, 0.5) is 0 Å². The number of hydrogen-bond donors (Lipinski definition) is 1. The molecule has 4 atom stereocenters. The summed E-state index contributed by atoms with van der Waals surface area (Å²) in [5.74, 6) is 0.442. The van der Waals surface area contributed by atoms with E-state index in [2.05, 4.69) is 92.7 Å². The highest BCUT2D eigenvalue weighted by molar-refractivity contribution is 7.19. The van der Waals surface area contributed by atoms with E-state index < -0.39 is 0 Å². The minimum atomic E-state index is -0.359. The Labute approximate surface area is 176 Å². The summed E-state index contributed by atoms with van der Waals surface area (Å²) in [6, 6.07) is 30.2. The molecule has 1 heterocycles. The number of hydrogen-bond acceptors (Lipinski definition) is 2. The highest BCUT2D eigenvalue weighted by atomic mass is 32.1. The third-order valence-electron chi connectivity index (χ3n) is 6.74. The van der Waals surface area contributed by atoms with Crippen molar-refractivity contribution < 1.29 is 5.11 Å². The van der Waals surface area contributed by atoms with Crippen LogP contribution in [-0.2, 0) is 5.41 Å². The number of aliphatic hydroxyl groups excluding tert-OH is 1. The highest BCUT2D eigenvalue weighted by Gasteiger charge is 2.54. The van der Waals surface area contributed by atoms with Gasteiger partial charge in [0.2, 0.25) is 0 Å². The summed E-state index contributed by atoms with van der Waals surface area (Å²) in [5, 5.41) is 12.7. The maximum Gasteiger partial charge on any atom is 0.0672 e. The van der Waals surface area contributed by atoms with Gasteiger partial charge in [-0.2, -0.15) is 0 Å². The predicted octanol–water partition coefficient (Wildman–Crippen LogP) is 6.68. The van der Waals surface area contributed by atoms with Crippen molar-refractivity contribution in [2.24, 2.45) is 5.92 Å². The van der Waals surface area contributed by atoms with E-state index in [4.69, 9.17) is 0 Å². The van der Waals surface area contributed by atoms with Gasteiger partial charge >= 0.3 is 0 Å². The molecule has 146 valence electrons. The van der Waals surface area contributed by atoms with E-state index in [9.17, 15) is 5.11 Å². The average molecular weight is 399 g/mol. The van der Waals surface area contributed by atoms with Crippen LogP contribution in [0.15, 0.2) is 84.9 Å². The summed E-state index contributed by atoms with van der Waals surface area (Å²) in [6.07, 6.45) is 0.632. The minimum absolute atomic E-state index is 0.174. The lowest BCUT2D eigenvalue weighted by Gasteiger charge is -2.53. The molecule has 5 rings (SSSR count). The first-order valence-corrected chi connectivity index (χ1v) is 11.2. The van der Waals surface area contributed by atoms with Crippen LogP contribution in [0.3, 0.4) is 0 Å². The van der Waals surface area contributed by atoms with Gasteiger partial charge in [0.05, 0.1) is 6.10 Å². The second kappa shape index (κ2) is 7.12. The second-order valence-corrected chi connectivity index (χ2v) is 9.79. The molecule has 4 aromatic rings. The van der Waals surface area contributed by atoms with Gasteiger partial charge in [0.1, 0.15) is 0 Å². The summed E-state index contributed by atoms with van der Waals surface area (Å²) in [6.45, 7) is 4.35. The Kier molecular flexibility index (Phi) is 4.57. The van der Waals surface area contributed by atoms with Gasteiger partial charge in [-0.15, -0.1) is 11.3 Å². The number of aryl methyl sites for hydroxylation is 1. The van der Waals surface area contributed by atoms with Gasteiger partial charge in [0, 0.05) is 20.9 Å². The molecule has 1 aliphatic rings. The molecule has 1 aromatic heterocycles. The topological polar surface area (TPSA) is 20.2 Å². The maximum absolute atomic E-state index is 11.4. The Morgan fingerprint density at radius 2 is 1.62 bits per heavy atom. The van der Waals surface area contributed by atoms with Crippen molar-refractivity contribution >= 4 is 21.4 Å². The Hall–Kier alpha value is -2.42. The van der Waals surface area contributed by atoms with Crippen molar-refractivity contribution in [3.63, 3.8) is 0 Å². The zero-order chi connectivity index (χ0) is 20.0. The molecule has 29 heavy (non-hydrogen) atoms. The number of benzene rings is 3. The first-order valence-electron chi connectivity index (χ1n) is 10.3. The monoisotopic (exact) mass is 398 g/mol. The Morgan fingerprint density at radius 3 is 2.31 bits per heavy atom. The van der Waals surface area contributed by atoms with Gasteiger partial charge in [0.15, 0.2) is 0 Å². The van der Waals surface area contributed by atoms with Gasteiger partial charge in [0.25, 0.3) is 0 Å². The van der Waals surface area contributed by atoms with Gasteiger partial charge in [-0.05, 0) is 47.9 Å². The van der Waals surface area contributed by atoms with Gasteiger partial charge in [-0.1, -0.05) is 85.3 Å². The van der Waals surface area contributed by atoms with Gasteiger partial charge < -0.3 is 5.11 Å². The van der Waals surface area contributed by atoms with E-state index in [0.29, 0.717) is 0 Å². The maximum atomic E-state index is 11.4. The van der Waals surface area contributed by atoms with E-state index in [1.807, 2.05) is 17.4 Å². The molecule has 0 saturated heterocycles. The van der Waals surface area contributed by atoms with Crippen LogP contribution < -0.4 is 0 Å². The molecular formula is C27H26OS. The summed E-state index contributed by atoms with van der Waals surface area (Å²) >= 11 is 1.87. The largest absolute Gasteiger partial charge is 0.392 e. The molecule has 0 spiro atoms. The van der Waals surface area contributed by atoms with Crippen LogP contribution in [0.5, 0.6) is 0 Å². The van der Waals surface area contributed by atoms with E-state index in [0.717, 1.165) is 6.42 Å². The quantitative estimate of drug-likeness (QED) is 0.406. The van der Waals surface area contributed by atoms with Crippen molar-refractivity contribution in [1.29, 1.82) is 0 Å². The summed E-state index contributed by atoms with van der Waals surface area (Å²) in [4.78, 5) is 1.36. The molecule has 2 heteroatoms. The Bertz CT molecular complexity index is 1130. The van der Waals surface area contributed by atoms with Crippen molar-refractivity contribution in [1.82, 2.24) is 0 Å². The molecule has 1 aliphatic carbocycles. The molecule has 0 bridgehead atoms. The molecule has 0 aliphatic heterocycles. The zero-order valence-electron chi connectivity index (χ0n) is 16.9. The normalized spacial score (nSPS) is 24.9. The lowest BCUT2D eigenvalue weighted by Crippen LogP contribution is -2.56. The fraction of sp³-hybridized carbons (Fsp3) is 0.259. The van der Waals surface area contributed by atoms with Crippen molar-refractivity contribution in [3.05, 3.63) is 106 Å². The van der Waals surface area contributed by atoms with Crippen molar-refractivity contribution in [2.45, 2.75) is 37.7 Å². The smallest absolute Gasteiger partial charge is 0.0672 e. The SMILES string of the molecule is Cc1ccc2sc(C(c3ccccc3)C3CC(C)(c4ccccc4)C3O)cc2c1. The number of fused-ring (bicyclic) bond motifs is 1. The first kappa shape index (κ1) is 18.6. The standard InChI is InChI=1S/C27H26OS/c1-18-13-14-23-20(15-18)16-24(29-23)25(19-9-5-3-6-10-19)22-17-27(2,26(22)28)21-11-7-4-8-12-21/h3-16,22,25-26,28H,17H2,1-2H3. The summed E-state index contributed by atoms with van der Waals surface area (Å²) in [5.41, 5.74) is 3.66. The third-order valence-corrected chi connectivity index (χ3v) is 7.93. The van der Waals surface area contributed by atoms with Gasteiger partial charge in [-0.25, -0.2) is 0 Å². The van der Waals surface area contributed by atoms with Crippen LogP contribution in [0.25, 0.3) is 10.1 Å². The summed E-state index contributed by atoms with van der Waals surface area (Å²) in [7, 11) is 0. The molecule has 4 unspecified atom stereocenters. The minimum Gasteiger partial charge on any atom is -0.392 e. The molecule has 3 aromatic carbocycles. The van der Waals surface area contributed by atoms with E-state index in [1.165, 1.54) is 31.7 Å². The van der Waals surface area contributed by atoms with Crippen LogP contribution in [0.2, 0.25) is 0 Å². The molecular weight excluding hydrogens is 372 g/mol. The van der Waals surface area contributed by atoms with E-state index in [-0.39, 0.29) is 23.4 Å². The predicted molar refractivity (Wildman–Crippen MR) is 123 cm³/mol. The van der Waals surface area contributed by atoms with Crippen LogP contribution >= 0.6 is 11.3 Å². The van der Waals surface area contributed by atoms with Crippen LogP contribution in [0, 0.1) is 12.8 Å². The van der Waals surface area contributed by atoms with Crippen molar-refractivity contribution in [3.8, 4) is 0 Å². The molecule has 1 saturated carbocycles. The van der Waals surface area contributed by atoms with Crippen LogP contribution in [-0.4, -0.2) is 11.2 Å². The first-order chi connectivity index (χ1) is 14.1. The van der Waals surface area contributed by atoms with E-state index >= 15 is 0 Å². The second-order valence-electron chi connectivity index (χ2n) is 8.67. The zero-order valence-corrected chi connectivity index (χ0v) is 17.7. The van der Waals surface area contributed by atoms with Crippen LogP contribution in [0.1, 0.15) is 40.8 Å². The lowest BCUT2D eigenvalue weighted by atomic mass is 9.53. The average Bonchev–Trinajstić information content (AvgIpc) is 3.17. The van der Waals surface area contributed by atoms with E-state index in [1.54, 1.807) is 0 Å². The number of thiophene rings is 1. The fourth-order valence-corrected chi connectivity index (χ4v) is 6.31. The summed E-state index contributed by atoms with van der Waals surface area (Å²) < 4.78 is 1.33. The third kappa shape index (κ3) is 3.11. The number of aliphatic hydroxyl groups is 1. The molecule has 1 fully saturated rings. The highest BCUT2D eigenvalue weighted by Crippen LogP contribution is 2.55. The Morgan fingerprint density at radius 1 is 0.931 bits per heavy atom. The van der Waals surface area contributed by atoms with Gasteiger partial charge in [-0.3, -0.25) is 0 Å². The van der Waals surface area contributed by atoms with Crippen molar-refractivity contribution in [2.75, 3.05) is 0 Å². The molecule has 0 amide bonds. The molecule has 0 radical (unpaired) electrons. The number of rotatable bonds is 4.